The summed E-state index contributed by atoms with van der Waals surface area (Å²) in [5.41, 5.74) is 2.76. The van der Waals surface area contributed by atoms with E-state index in [1.165, 1.54) is 4.90 Å². The summed E-state index contributed by atoms with van der Waals surface area (Å²) >= 11 is 0. The highest BCUT2D eigenvalue weighted by Gasteiger charge is 2.40. The molecule has 0 fully saturated rings. The second-order valence-electron chi connectivity index (χ2n) is 7.51. The molecular weight excluding hydrogens is 404 g/mol. The topological polar surface area (TPSA) is 68.7 Å². The van der Waals surface area contributed by atoms with Crippen molar-refractivity contribution in [2.24, 2.45) is 0 Å². The molecule has 2 amide bonds. The second kappa shape index (κ2) is 9.64. The first kappa shape index (κ1) is 21.6. The lowest BCUT2D eigenvalue weighted by Crippen LogP contribution is -2.34. The third kappa shape index (κ3) is 4.21. The summed E-state index contributed by atoms with van der Waals surface area (Å²) in [6.45, 7) is 4.82. The average Bonchev–Trinajstić information content (AvgIpc) is 3.07. The minimum Gasteiger partial charge on any atom is -0.490 e. The zero-order valence-electron chi connectivity index (χ0n) is 18.3. The molecule has 6 heteroatoms. The molecule has 0 N–H and O–H groups in total. The molecule has 6 nitrogen and oxygen atoms in total. The summed E-state index contributed by atoms with van der Waals surface area (Å²) < 4.78 is 11.5. The van der Waals surface area contributed by atoms with Gasteiger partial charge in [-0.25, -0.2) is 0 Å². The number of benzene rings is 2. The molecule has 0 spiro atoms. The van der Waals surface area contributed by atoms with Gasteiger partial charge in [-0.2, -0.15) is 0 Å². The number of aromatic nitrogens is 1. The Morgan fingerprint density at radius 1 is 0.875 bits per heavy atom. The molecule has 2 heterocycles. The van der Waals surface area contributed by atoms with E-state index >= 15 is 0 Å². The SMILES string of the molecule is CCOc1ccc(C(CCc2cccnc2)N2C(=O)c3ccccc3C2=O)cc1OCC. The zero-order valence-corrected chi connectivity index (χ0v) is 18.3. The Balaban J connectivity index is 1.72. The van der Waals surface area contributed by atoms with Gasteiger partial charge in [-0.05, 0) is 68.1 Å². The average molecular weight is 431 g/mol. The number of aryl methyl sites for hydroxylation is 1. The van der Waals surface area contributed by atoms with Crippen molar-refractivity contribution in [3.05, 3.63) is 89.2 Å². The Morgan fingerprint density at radius 3 is 2.19 bits per heavy atom. The third-order valence-electron chi connectivity index (χ3n) is 5.52. The van der Waals surface area contributed by atoms with Crippen LogP contribution in [0.5, 0.6) is 11.5 Å². The van der Waals surface area contributed by atoms with E-state index in [1.807, 2.05) is 50.4 Å². The maximum atomic E-state index is 13.3. The highest BCUT2D eigenvalue weighted by Crippen LogP contribution is 2.38. The molecule has 1 aliphatic heterocycles. The molecule has 0 saturated carbocycles. The molecule has 0 bridgehead atoms. The predicted octanol–water partition coefficient (Wildman–Crippen LogP) is 4.85. The summed E-state index contributed by atoms with van der Waals surface area (Å²) in [6, 6.07) is 16.0. The van der Waals surface area contributed by atoms with Gasteiger partial charge in [0.1, 0.15) is 0 Å². The van der Waals surface area contributed by atoms with Crippen LogP contribution in [0.15, 0.2) is 67.0 Å². The largest absolute Gasteiger partial charge is 0.490 e. The van der Waals surface area contributed by atoms with E-state index in [-0.39, 0.29) is 11.8 Å². The molecule has 0 radical (unpaired) electrons. The zero-order chi connectivity index (χ0) is 22.5. The second-order valence-corrected chi connectivity index (χ2v) is 7.51. The molecule has 0 aliphatic carbocycles. The van der Waals surface area contributed by atoms with Crippen LogP contribution in [0, 0.1) is 0 Å². The van der Waals surface area contributed by atoms with E-state index in [4.69, 9.17) is 9.47 Å². The lowest BCUT2D eigenvalue weighted by atomic mass is 9.97. The van der Waals surface area contributed by atoms with Crippen LogP contribution in [0.25, 0.3) is 0 Å². The van der Waals surface area contributed by atoms with Gasteiger partial charge in [0.05, 0.1) is 30.4 Å². The number of hydrogen-bond acceptors (Lipinski definition) is 5. The van der Waals surface area contributed by atoms with E-state index in [0.29, 0.717) is 48.7 Å². The van der Waals surface area contributed by atoms with Crippen LogP contribution in [-0.4, -0.2) is 34.9 Å². The number of amides is 2. The molecule has 1 unspecified atom stereocenters. The van der Waals surface area contributed by atoms with Gasteiger partial charge in [-0.1, -0.05) is 24.3 Å². The number of carbonyl (C=O) groups excluding carboxylic acids is 2. The summed E-state index contributed by atoms with van der Waals surface area (Å²) in [7, 11) is 0. The van der Waals surface area contributed by atoms with Crippen molar-refractivity contribution in [1.82, 2.24) is 9.88 Å². The Morgan fingerprint density at radius 2 is 1.56 bits per heavy atom. The Bertz CT molecular complexity index is 1080. The van der Waals surface area contributed by atoms with E-state index in [2.05, 4.69) is 4.98 Å². The summed E-state index contributed by atoms with van der Waals surface area (Å²) in [5.74, 6) is 0.712. The highest BCUT2D eigenvalue weighted by atomic mass is 16.5. The summed E-state index contributed by atoms with van der Waals surface area (Å²) in [4.78, 5) is 32.1. The van der Waals surface area contributed by atoms with Crippen molar-refractivity contribution in [1.29, 1.82) is 0 Å². The van der Waals surface area contributed by atoms with Crippen LogP contribution < -0.4 is 9.47 Å². The van der Waals surface area contributed by atoms with Crippen LogP contribution >= 0.6 is 0 Å². The number of carbonyl (C=O) groups is 2. The van der Waals surface area contributed by atoms with Gasteiger partial charge < -0.3 is 9.47 Å². The molecule has 1 aliphatic rings. The minimum absolute atomic E-state index is 0.270. The number of hydrogen-bond donors (Lipinski definition) is 0. The van der Waals surface area contributed by atoms with Crippen molar-refractivity contribution >= 4 is 11.8 Å². The minimum atomic E-state index is -0.447. The number of nitrogens with zero attached hydrogens (tertiary/aromatic N) is 2. The fourth-order valence-corrected chi connectivity index (χ4v) is 4.06. The van der Waals surface area contributed by atoms with E-state index in [1.54, 1.807) is 30.5 Å². The first-order valence-corrected chi connectivity index (χ1v) is 10.9. The summed E-state index contributed by atoms with van der Waals surface area (Å²) in [6.07, 6.45) is 4.77. The molecule has 32 heavy (non-hydrogen) atoms. The number of pyridine rings is 1. The van der Waals surface area contributed by atoms with Crippen molar-refractivity contribution in [2.75, 3.05) is 13.2 Å². The number of imide groups is 1. The standard InChI is InChI=1S/C26H26N2O4/c1-3-31-23-14-12-19(16-24(23)32-4-2)22(13-11-18-8-7-15-27-17-18)28-25(29)20-9-5-6-10-21(20)26(28)30/h5-10,12,14-17,22H,3-4,11,13H2,1-2H3. The quantitative estimate of drug-likeness (QED) is 0.454. The monoisotopic (exact) mass is 430 g/mol. The maximum Gasteiger partial charge on any atom is 0.262 e. The number of rotatable bonds is 9. The van der Waals surface area contributed by atoms with E-state index < -0.39 is 6.04 Å². The third-order valence-corrected chi connectivity index (χ3v) is 5.52. The van der Waals surface area contributed by atoms with Crippen molar-refractivity contribution in [2.45, 2.75) is 32.7 Å². The first-order chi connectivity index (χ1) is 15.6. The van der Waals surface area contributed by atoms with Gasteiger partial charge >= 0.3 is 0 Å². The van der Waals surface area contributed by atoms with Crippen LogP contribution in [0.1, 0.15) is 58.2 Å². The molecule has 164 valence electrons. The van der Waals surface area contributed by atoms with Crippen LogP contribution in [0.2, 0.25) is 0 Å². The predicted molar refractivity (Wildman–Crippen MR) is 121 cm³/mol. The van der Waals surface area contributed by atoms with Crippen molar-refractivity contribution < 1.29 is 19.1 Å². The van der Waals surface area contributed by atoms with Gasteiger partial charge in [0, 0.05) is 12.4 Å². The molecular formula is C26H26N2O4. The highest BCUT2D eigenvalue weighted by molar-refractivity contribution is 6.21. The Labute approximate surface area is 187 Å². The van der Waals surface area contributed by atoms with Crippen molar-refractivity contribution in [3.63, 3.8) is 0 Å². The fraction of sp³-hybridized carbons (Fsp3) is 0.269. The molecule has 1 atom stereocenters. The summed E-state index contributed by atoms with van der Waals surface area (Å²) in [5, 5.41) is 0. The maximum absolute atomic E-state index is 13.3. The molecule has 1 aromatic heterocycles. The smallest absolute Gasteiger partial charge is 0.262 e. The molecule has 3 aromatic rings. The van der Waals surface area contributed by atoms with Crippen molar-refractivity contribution in [3.8, 4) is 11.5 Å². The molecule has 4 rings (SSSR count). The normalized spacial score (nSPS) is 13.8. The van der Waals surface area contributed by atoms with Crippen LogP contribution in [0.3, 0.4) is 0 Å². The Kier molecular flexibility index (Phi) is 6.50. The lowest BCUT2D eigenvalue weighted by Gasteiger charge is -2.27. The fourth-order valence-electron chi connectivity index (χ4n) is 4.06. The van der Waals surface area contributed by atoms with Gasteiger partial charge in [0.15, 0.2) is 11.5 Å². The van der Waals surface area contributed by atoms with Crippen LogP contribution in [0.4, 0.5) is 0 Å². The van der Waals surface area contributed by atoms with Crippen LogP contribution in [-0.2, 0) is 6.42 Å². The van der Waals surface area contributed by atoms with Gasteiger partial charge in [-0.3, -0.25) is 19.5 Å². The Hall–Kier alpha value is -3.67. The first-order valence-electron chi connectivity index (χ1n) is 10.9. The number of ether oxygens (including phenoxy) is 2. The molecule has 0 saturated heterocycles. The van der Waals surface area contributed by atoms with E-state index in [0.717, 1.165) is 11.1 Å². The van der Waals surface area contributed by atoms with Gasteiger partial charge in [0.2, 0.25) is 0 Å². The van der Waals surface area contributed by atoms with Gasteiger partial charge in [0.25, 0.3) is 11.8 Å². The lowest BCUT2D eigenvalue weighted by molar-refractivity contribution is 0.0573. The van der Waals surface area contributed by atoms with E-state index in [9.17, 15) is 9.59 Å². The van der Waals surface area contributed by atoms with Gasteiger partial charge in [-0.15, -0.1) is 0 Å². The molecule has 2 aromatic carbocycles. The number of fused-ring (bicyclic) bond motifs is 1.